The smallest absolute Gasteiger partial charge is 0.227 e. The number of benzene rings is 7. The van der Waals surface area contributed by atoms with Crippen molar-refractivity contribution in [1.29, 1.82) is 0 Å². The van der Waals surface area contributed by atoms with Crippen molar-refractivity contribution in [3.63, 3.8) is 0 Å². The molecule has 0 aliphatic carbocycles. The standard InChI is InChI=1S/C43H26N2OS2/c1-3-11-27(12-4-1)29-15-9-16-30(23-29)45(31-21-22-33-32-17-7-8-19-38(32)47-40(33)24-31)36-18-10-20-39-42(36)34-25-35-37(26-41(34)48-39)46-43(44-35)28-13-5-2-6-14-28/h1-26H. The Hall–Kier alpha value is -5.75. The Bertz CT molecular complexity index is 2790. The first kappa shape index (κ1) is 27.4. The fourth-order valence-corrected chi connectivity index (χ4v) is 9.13. The second-order valence-corrected chi connectivity index (χ2v) is 14.2. The number of aromatic nitrogens is 1. The summed E-state index contributed by atoms with van der Waals surface area (Å²) in [6.45, 7) is 0. The first-order chi connectivity index (χ1) is 23.8. The summed E-state index contributed by atoms with van der Waals surface area (Å²) in [6.07, 6.45) is 0. The summed E-state index contributed by atoms with van der Waals surface area (Å²) in [7, 11) is 0. The Morgan fingerprint density at radius 3 is 2.00 bits per heavy atom. The fourth-order valence-electron chi connectivity index (χ4n) is 6.86. The van der Waals surface area contributed by atoms with Crippen molar-refractivity contribution in [3.05, 3.63) is 158 Å². The van der Waals surface area contributed by atoms with Crippen molar-refractivity contribution >= 4 is 91.2 Å². The van der Waals surface area contributed by atoms with Crippen molar-refractivity contribution in [3.8, 4) is 22.6 Å². The zero-order valence-electron chi connectivity index (χ0n) is 25.6. The quantitative estimate of drug-likeness (QED) is 0.186. The van der Waals surface area contributed by atoms with Crippen LogP contribution in [0.2, 0.25) is 0 Å². The van der Waals surface area contributed by atoms with Crippen LogP contribution < -0.4 is 4.90 Å². The number of fused-ring (bicyclic) bond motifs is 7. The van der Waals surface area contributed by atoms with E-state index in [1.807, 2.05) is 41.7 Å². The van der Waals surface area contributed by atoms with E-state index in [-0.39, 0.29) is 0 Å². The third-order valence-electron chi connectivity index (χ3n) is 9.08. The van der Waals surface area contributed by atoms with Gasteiger partial charge in [-0.2, -0.15) is 0 Å². The van der Waals surface area contributed by atoms with Gasteiger partial charge in [-0.15, -0.1) is 22.7 Å². The van der Waals surface area contributed by atoms with Gasteiger partial charge < -0.3 is 9.32 Å². The van der Waals surface area contributed by atoms with Gasteiger partial charge in [-0.25, -0.2) is 4.98 Å². The van der Waals surface area contributed by atoms with Gasteiger partial charge in [0, 0.05) is 63.3 Å². The highest BCUT2D eigenvalue weighted by atomic mass is 32.1. The maximum absolute atomic E-state index is 6.28. The molecule has 10 aromatic rings. The second kappa shape index (κ2) is 10.9. The molecule has 0 amide bonds. The molecule has 7 aromatic carbocycles. The maximum atomic E-state index is 6.28. The zero-order chi connectivity index (χ0) is 31.6. The second-order valence-electron chi connectivity index (χ2n) is 12.0. The van der Waals surface area contributed by atoms with Gasteiger partial charge in [0.05, 0.1) is 5.69 Å². The summed E-state index contributed by atoms with van der Waals surface area (Å²) >= 11 is 3.65. The molecule has 0 bridgehead atoms. The number of rotatable bonds is 5. The molecule has 0 spiro atoms. The van der Waals surface area contributed by atoms with Crippen LogP contribution >= 0.6 is 22.7 Å². The topological polar surface area (TPSA) is 29.3 Å². The van der Waals surface area contributed by atoms with Crippen LogP contribution in [0.4, 0.5) is 17.1 Å². The highest BCUT2D eigenvalue weighted by molar-refractivity contribution is 7.26. The van der Waals surface area contributed by atoms with Crippen LogP contribution in [0.15, 0.2) is 162 Å². The minimum absolute atomic E-state index is 0.642. The van der Waals surface area contributed by atoms with Gasteiger partial charge in [0.15, 0.2) is 5.58 Å². The predicted molar refractivity (Wildman–Crippen MR) is 205 cm³/mol. The molecule has 0 fully saturated rings. The van der Waals surface area contributed by atoms with Crippen LogP contribution in [0.3, 0.4) is 0 Å². The molecule has 3 heterocycles. The van der Waals surface area contributed by atoms with Crippen molar-refractivity contribution < 1.29 is 4.42 Å². The molecule has 0 aliphatic heterocycles. The molecule has 48 heavy (non-hydrogen) atoms. The molecule has 5 heteroatoms. The SMILES string of the molecule is c1ccc(-c2cccc(N(c3ccc4c(c3)sc3ccccc34)c3cccc4sc5cc6oc(-c7ccccc7)nc6cc5c34)c2)cc1. The largest absolute Gasteiger partial charge is 0.436 e. The molecule has 0 saturated heterocycles. The Morgan fingerprint density at radius 2 is 1.12 bits per heavy atom. The van der Waals surface area contributed by atoms with Gasteiger partial charge in [-0.3, -0.25) is 0 Å². The first-order valence-corrected chi connectivity index (χ1v) is 17.6. The monoisotopic (exact) mass is 650 g/mol. The summed E-state index contributed by atoms with van der Waals surface area (Å²) in [5.41, 5.74) is 8.39. The number of oxazole rings is 1. The predicted octanol–water partition coefficient (Wildman–Crippen LogP) is 13.4. The number of anilines is 3. The van der Waals surface area contributed by atoms with E-state index in [0.29, 0.717) is 5.89 Å². The van der Waals surface area contributed by atoms with Gasteiger partial charge >= 0.3 is 0 Å². The van der Waals surface area contributed by atoms with E-state index in [4.69, 9.17) is 9.40 Å². The first-order valence-electron chi connectivity index (χ1n) is 15.9. The lowest BCUT2D eigenvalue weighted by atomic mass is 10.0. The molecule has 0 atom stereocenters. The summed E-state index contributed by atoms with van der Waals surface area (Å²) in [4.78, 5) is 7.36. The molecule has 0 unspecified atom stereocenters. The van der Waals surface area contributed by atoms with E-state index in [9.17, 15) is 0 Å². The van der Waals surface area contributed by atoms with Gasteiger partial charge in [0.25, 0.3) is 0 Å². The molecule has 3 nitrogen and oxygen atoms in total. The van der Waals surface area contributed by atoms with E-state index in [1.165, 1.54) is 51.5 Å². The van der Waals surface area contributed by atoms with E-state index in [0.717, 1.165) is 33.7 Å². The Labute approximate surface area is 284 Å². The summed E-state index contributed by atoms with van der Waals surface area (Å²) in [6, 6.07) is 56.2. The average molecular weight is 651 g/mol. The van der Waals surface area contributed by atoms with Crippen LogP contribution in [-0.2, 0) is 0 Å². The molecule has 0 aliphatic rings. The third-order valence-corrected chi connectivity index (χ3v) is 11.3. The number of thiophene rings is 2. The normalized spacial score (nSPS) is 11.8. The summed E-state index contributed by atoms with van der Waals surface area (Å²) in [5.74, 6) is 0.642. The lowest BCUT2D eigenvalue weighted by Gasteiger charge is -2.27. The van der Waals surface area contributed by atoms with E-state index < -0.39 is 0 Å². The van der Waals surface area contributed by atoms with Crippen LogP contribution in [0.25, 0.3) is 74.0 Å². The molecule has 0 saturated carbocycles. The molecular weight excluding hydrogens is 625 g/mol. The lowest BCUT2D eigenvalue weighted by molar-refractivity contribution is 0.620. The van der Waals surface area contributed by atoms with Crippen LogP contribution in [0.5, 0.6) is 0 Å². The molecule has 0 N–H and O–H groups in total. The van der Waals surface area contributed by atoms with Crippen LogP contribution in [0, 0.1) is 0 Å². The molecule has 226 valence electrons. The summed E-state index contributed by atoms with van der Waals surface area (Å²) in [5, 5.41) is 4.99. The molecule has 10 rings (SSSR count). The fraction of sp³-hybridized carbons (Fsp3) is 0. The van der Waals surface area contributed by atoms with Crippen molar-refractivity contribution in [2.24, 2.45) is 0 Å². The number of hydrogen-bond donors (Lipinski definition) is 0. The highest BCUT2D eigenvalue weighted by Crippen LogP contribution is 2.47. The third kappa shape index (κ3) is 4.43. The van der Waals surface area contributed by atoms with Gasteiger partial charge in [0.1, 0.15) is 5.52 Å². The highest BCUT2D eigenvalue weighted by Gasteiger charge is 2.21. The molecule has 0 radical (unpaired) electrons. The van der Waals surface area contributed by atoms with E-state index in [2.05, 4.69) is 132 Å². The molecule has 3 aromatic heterocycles. The zero-order valence-corrected chi connectivity index (χ0v) is 27.3. The van der Waals surface area contributed by atoms with Crippen molar-refractivity contribution in [1.82, 2.24) is 4.98 Å². The Balaban J connectivity index is 1.22. The lowest BCUT2D eigenvalue weighted by Crippen LogP contribution is -2.10. The number of hydrogen-bond acceptors (Lipinski definition) is 5. The summed E-state index contributed by atoms with van der Waals surface area (Å²) < 4.78 is 11.3. The van der Waals surface area contributed by atoms with Crippen molar-refractivity contribution in [2.75, 3.05) is 4.90 Å². The molecular formula is C43H26N2OS2. The average Bonchev–Trinajstić information content (AvgIpc) is 3.84. The maximum Gasteiger partial charge on any atom is 0.227 e. The van der Waals surface area contributed by atoms with Gasteiger partial charge in [-0.1, -0.05) is 91.0 Å². The minimum Gasteiger partial charge on any atom is -0.436 e. The van der Waals surface area contributed by atoms with E-state index in [1.54, 1.807) is 11.3 Å². The van der Waals surface area contributed by atoms with Crippen molar-refractivity contribution in [2.45, 2.75) is 0 Å². The minimum atomic E-state index is 0.642. The Kier molecular flexibility index (Phi) is 6.22. The number of nitrogens with zero attached hydrogens (tertiary/aromatic N) is 2. The van der Waals surface area contributed by atoms with Crippen LogP contribution in [-0.4, -0.2) is 4.98 Å². The van der Waals surface area contributed by atoms with Gasteiger partial charge in [0.2, 0.25) is 5.89 Å². The van der Waals surface area contributed by atoms with Crippen LogP contribution in [0.1, 0.15) is 0 Å². The van der Waals surface area contributed by atoms with Gasteiger partial charge in [-0.05, 0) is 71.8 Å². The Morgan fingerprint density at radius 1 is 0.458 bits per heavy atom. The van der Waals surface area contributed by atoms with E-state index >= 15 is 0 Å².